The van der Waals surface area contributed by atoms with Crippen molar-refractivity contribution in [1.82, 2.24) is 0 Å². The molecule has 2 aromatic carbocycles. The molecule has 2 N–H and O–H groups in total. The Morgan fingerprint density at radius 3 is 2.54 bits per heavy atom. The van der Waals surface area contributed by atoms with Crippen molar-refractivity contribution >= 4 is 22.3 Å². The number of nitrogens with two attached hydrogens (primary N) is 1. The second-order valence-corrected chi connectivity index (χ2v) is 8.48. The molecule has 0 fully saturated rings. The zero-order chi connectivity index (χ0) is 19.8. The molecule has 2 aromatic rings. The topological polar surface area (TPSA) is 93.2 Å². The van der Waals surface area contributed by atoms with Gasteiger partial charge in [-0.3, -0.25) is 9.59 Å². The zero-order valence-electron chi connectivity index (χ0n) is 15.6. The Balaban J connectivity index is 1.95. The van der Waals surface area contributed by atoms with Gasteiger partial charge in [0.15, 0.2) is 11.6 Å². The molecule has 0 saturated carbocycles. The maximum atomic E-state index is 13.8. The lowest BCUT2D eigenvalue weighted by Crippen LogP contribution is -2.47. The standard InChI is InChI=1S/C23H18N2O3/c1-22(2)9-16(26)19-17(10-22)28-21(25)15(11-24)23(19)14-8-4-6-12-5-3-7-13(18(12)14)20(23)27/h3-8H,9-10,25H2,1-2H3. The Bertz CT molecular complexity index is 1220. The molecule has 5 nitrogen and oxygen atoms in total. The number of hydrogen-bond donors (Lipinski definition) is 1. The molecule has 28 heavy (non-hydrogen) atoms. The van der Waals surface area contributed by atoms with Crippen LogP contribution in [0, 0.1) is 16.7 Å². The zero-order valence-corrected chi connectivity index (χ0v) is 15.6. The number of nitrogens with zero attached hydrogens (tertiary/aromatic N) is 1. The lowest BCUT2D eigenvalue weighted by atomic mass is 9.61. The monoisotopic (exact) mass is 370 g/mol. The first kappa shape index (κ1) is 16.8. The third-order valence-electron chi connectivity index (χ3n) is 6.07. The smallest absolute Gasteiger partial charge is 0.205 e. The molecule has 3 aliphatic rings. The number of ether oxygens (including phenoxy) is 1. The largest absolute Gasteiger partial charge is 0.444 e. The number of benzene rings is 2. The van der Waals surface area contributed by atoms with Crippen LogP contribution >= 0.6 is 0 Å². The van der Waals surface area contributed by atoms with Crippen LogP contribution in [0.4, 0.5) is 0 Å². The Morgan fingerprint density at radius 1 is 1.11 bits per heavy atom. The summed E-state index contributed by atoms with van der Waals surface area (Å²) in [5.74, 6) is -0.117. The van der Waals surface area contributed by atoms with Gasteiger partial charge in [0.25, 0.3) is 0 Å². The Kier molecular flexibility index (Phi) is 3.06. The van der Waals surface area contributed by atoms with E-state index in [1.807, 2.05) is 44.2 Å². The summed E-state index contributed by atoms with van der Waals surface area (Å²) in [5, 5.41) is 11.6. The fraction of sp³-hybridized carbons (Fsp3) is 0.261. The van der Waals surface area contributed by atoms with Crippen molar-refractivity contribution in [3.63, 3.8) is 0 Å². The number of nitriles is 1. The number of allylic oxidation sites excluding steroid dienone is 3. The highest BCUT2D eigenvalue weighted by atomic mass is 16.5. The first-order valence-corrected chi connectivity index (χ1v) is 9.23. The highest BCUT2D eigenvalue weighted by Gasteiger charge is 2.60. The van der Waals surface area contributed by atoms with Crippen LogP contribution in [-0.2, 0) is 14.9 Å². The molecule has 1 aliphatic heterocycles. The van der Waals surface area contributed by atoms with Crippen LogP contribution in [-0.4, -0.2) is 11.6 Å². The molecule has 1 spiro atoms. The van der Waals surface area contributed by atoms with Gasteiger partial charge in [0, 0.05) is 18.4 Å². The molecule has 0 amide bonds. The van der Waals surface area contributed by atoms with Crippen molar-refractivity contribution < 1.29 is 14.3 Å². The summed E-state index contributed by atoms with van der Waals surface area (Å²) in [5.41, 5.74) is 5.78. The average Bonchev–Trinajstić information content (AvgIpc) is 2.86. The molecule has 0 radical (unpaired) electrons. The molecular weight excluding hydrogens is 352 g/mol. The maximum absolute atomic E-state index is 13.8. The number of hydrogen-bond acceptors (Lipinski definition) is 5. The molecular formula is C23H18N2O3. The predicted octanol–water partition coefficient (Wildman–Crippen LogP) is 3.64. The summed E-state index contributed by atoms with van der Waals surface area (Å²) in [6, 6.07) is 13.2. The van der Waals surface area contributed by atoms with Gasteiger partial charge in [-0.25, -0.2) is 0 Å². The number of Topliss-reactive ketones (excluding diaryl/α,β-unsaturated/α-hetero) is 2. The SMILES string of the molecule is CC1(C)CC(=O)C2=C(C1)OC(N)=C(C#N)C21C(=O)c2cccc3cccc1c23. The van der Waals surface area contributed by atoms with E-state index < -0.39 is 5.41 Å². The third-order valence-corrected chi connectivity index (χ3v) is 6.07. The molecule has 2 aliphatic carbocycles. The van der Waals surface area contributed by atoms with Crippen molar-refractivity contribution in [1.29, 1.82) is 5.26 Å². The van der Waals surface area contributed by atoms with Gasteiger partial charge in [0.05, 0.1) is 5.57 Å². The quantitative estimate of drug-likeness (QED) is 0.764. The van der Waals surface area contributed by atoms with E-state index in [0.29, 0.717) is 23.3 Å². The fourth-order valence-electron chi connectivity index (χ4n) is 5.07. The van der Waals surface area contributed by atoms with Gasteiger partial charge < -0.3 is 10.5 Å². The summed E-state index contributed by atoms with van der Waals surface area (Å²) < 4.78 is 5.77. The molecule has 0 bridgehead atoms. The lowest BCUT2D eigenvalue weighted by molar-refractivity contribution is -0.119. The van der Waals surface area contributed by atoms with E-state index in [2.05, 4.69) is 6.07 Å². The van der Waals surface area contributed by atoms with Crippen LogP contribution in [0.5, 0.6) is 0 Å². The number of rotatable bonds is 0. The van der Waals surface area contributed by atoms with Crippen LogP contribution in [0.2, 0.25) is 0 Å². The van der Waals surface area contributed by atoms with E-state index in [-0.39, 0.29) is 40.4 Å². The molecule has 0 aromatic heterocycles. The van der Waals surface area contributed by atoms with Crippen molar-refractivity contribution in [2.75, 3.05) is 0 Å². The van der Waals surface area contributed by atoms with Crippen molar-refractivity contribution in [2.45, 2.75) is 32.1 Å². The average molecular weight is 370 g/mol. The van der Waals surface area contributed by atoms with Gasteiger partial charge in [-0.2, -0.15) is 5.26 Å². The van der Waals surface area contributed by atoms with E-state index in [4.69, 9.17) is 10.5 Å². The first-order valence-electron chi connectivity index (χ1n) is 9.23. The van der Waals surface area contributed by atoms with Crippen LogP contribution in [0.1, 0.15) is 42.6 Å². The second kappa shape index (κ2) is 5.11. The third kappa shape index (κ3) is 1.80. The predicted molar refractivity (Wildman–Crippen MR) is 103 cm³/mol. The minimum atomic E-state index is -1.51. The summed E-state index contributed by atoms with van der Waals surface area (Å²) in [7, 11) is 0. The van der Waals surface area contributed by atoms with Crippen LogP contribution in [0.3, 0.4) is 0 Å². The Labute approximate surface area is 162 Å². The van der Waals surface area contributed by atoms with E-state index in [9.17, 15) is 14.9 Å². The number of ketones is 2. The number of carbonyl (C=O) groups excluding carboxylic acids is 2. The first-order chi connectivity index (χ1) is 13.3. The van der Waals surface area contributed by atoms with Crippen LogP contribution < -0.4 is 5.73 Å². The molecule has 138 valence electrons. The normalized spacial score (nSPS) is 25.2. The maximum Gasteiger partial charge on any atom is 0.205 e. The van der Waals surface area contributed by atoms with E-state index >= 15 is 0 Å². The highest BCUT2D eigenvalue weighted by Crippen LogP contribution is 2.57. The van der Waals surface area contributed by atoms with Gasteiger partial charge in [-0.15, -0.1) is 0 Å². The van der Waals surface area contributed by atoms with Crippen LogP contribution in [0.15, 0.2) is 59.2 Å². The van der Waals surface area contributed by atoms with Crippen LogP contribution in [0.25, 0.3) is 10.8 Å². The summed E-state index contributed by atoms with van der Waals surface area (Å²) in [4.78, 5) is 27.2. The fourth-order valence-corrected chi connectivity index (χ4v) is 5.07. The molecule has 5 heteroatoms. The van der Waals surface area contributed by atoms with Gasteiger partial charge in [-0.05, 0) is 21.8 Å². The van der Waals surface area contributed by atoms with E-state index in [0.717, 1.165) is 10.8 Å². The molecule has 1 heterocycles. The highest BCUT2D eigenvalue weighted by molar-refractivity contribution is 6.27. The minimum absolute atomic E-state index is 0.00741. The Hall–Kier alpha value is -3.39. The Morgan fingerprint density at radius 2 is 1.82 bits per heavy atom. The number of carbonyl (C=O) groups is 2. The molecule has 1 atom stereocenters. The van der Waals surface area contributed by atoms with Crippen molar-refractivity contribution in [3.05, 3.63) is 70.3 Å². The molecule has 1 unspecified atom stereocenters. The van der Waals surface area contributed by atoms with Gasteiger partial charge in [0.2, 0.25) is 5.88 Å². The minimum Gasteiger partial charge on any atom is -0.444 e. The summed E-state index contributed by atoms with van der Waals surface area (Å²) >= 11 is 0. The van der Waals surface area contributed by atoms with Crippen molar-refractivity contribution in [2.24, 2.45) is 11.1 Å². The van der Waals surface area contributed by atoms with Crippen molar-refractivity contribution in [3.8, 4) is 6.07 Å². The van der Waals surface area contributed by atoms with Gasteiger partial charge >= 0.3 is 0 Å². The van der Waals surface area contributed by atoms with Gasteiger partial charge in [-0.1, -0.05) is 50.2 Å². The summed E-state index contributed by atoms with van der Waals surface area (Å²) in [6.45, 7) is 3.97. The summed E-state index contributed by atoms with van der Waals surface area (Å²) in [6.07, 6.45) is 0.768. The van der Waals surface area contributed by atoms with Gasteiger partial charge in [0.1, 0.15) is 22.8 Å². The molecule has 0 saturated heterocycles. The molecule has 5 rings (SSSR count). The van der Waals surface area contributed by atoms with E-state index in [1.165, 1.54) is 0 Å². The lowest BCUT2D eigenvalue weighted by Gasteiger charge is -2.41. The number of fused-ring (bicyclic) bond motifs is 2. The second-order valence-electron chi connectivity index (χ2n) is 8.48. The van der Waals surface area contributed by atoms with E-state index in [1.54, 1.807) is 6.07 Å².